The number of halogens is 1. The molecule has 0 fully saturated rings. The molecule has 1 aromatic heterocycles. The van der Waals surface area contributed by atoms with Gasteiger partial charge in [0, 0.05) is 31.3 Å². The predicted molar refractivity (Wildman–Crippen MR) is 110 cm³/mol. The second kappa shape index (κ2) is 10.8. The fourth-order valence-corrected chi connectivity index (χ4v) is 2.34. The molecule has 0 saturated carbocycles. The van der Waals surface area contributed by atoms with E-state index in [4.69, 9.17) is 10.3 Å². The van der Waals surface area contributed by atoms with Crippen molar-refractivity contribution in [2.75, 3.05) is 18.4 Å². The molecule has 2 rings (SSSR count). The van der Waals surface area contributed by atoms with Crippen molar-refractivity contribution in [3.05, 3.63) is 41.5 Å². The highest BCUT2D eigenvalue weighted by Gasteiger charge is 2.21. The van der Waals surface area contributed by atoms with Gasteiger partial charge in [0.1, 0.15) is 0 Å². The van der Waals surface area contributed by atoms with Gasteiger partial charge in [0.25, 0.3) is 5.91 Å². The summed E-state index contributed by atoms with van der Waals surface area (Å²) in [4.78, 5) is 28.7. The van der Waals surface area contributed by atoms with Crippen LogP contribution in [0, 0.1) is 0 Å². The number of nitrogens with two attached hydrogens (primary N) is 1. The number of nitrogens with zero attached hydrogens (tertiary/aromatic N) is 2. The van der Waals surface area contributed by atoms with E-state index < -0.39 is 0 Å². The molecule has 0 radical (unpaired) electrons. The molecular weight excluding hydrogens is 382 g/mol. The molecule has 0 bridgehead atoms. The Morgan fingerprint density at radius 3 is 2.57 bits per heavy atom. The molecule has 9 heteroatoms. The molecule has 0 aliphatic heterocycles. The quantitative estimate of drug-likeness (QED) is 0.615. The topological polar surface area (TPSA) is 123 Å². The Labute approximate surface area is 171 Å². The highest BCUT2D eigenvalue weighted by Crippen LogP contribution is 2.19. The molecule has 8 nitrogen and oxygen atoms in total. The number of carbonyl (C=O) groups excluding carboxylic acids is 2. The maximum Gasteiger partial charge on any atom is 0.253 e. The minimum atomic E-state index is -0.267. The number of hydrogen-bond donors (Lipinski definition) is 3. The van der Waals surface area contributed by atoms with Gasteiger partial charge >= 0.3 is 0 Å². The Hall–Kier alpha value is -2.45. The molecule has 154 valence electrons. The fraction of sp³-hybridized carbons (Fsp3) is 0.474. The summed E-state index contributed by atoms with van der Waals surface area (Å²) >= 11 is 0. The lowest BCUT2D eigenvalue weighted by atomic mass is 9.96. The highest BCUT2D eigenvalue weighted by atomic mass is 35.5. The third-order valence-corrected chi connectivity index (χ3v) is 3.81. The second-order valence-corrected chi connectivity index (χ2v) is 7.25. The molecular formula is C19H28ClN5O3. The zero-order chi connectivity index (χ0) is 19.9. The van der Waals surface area contributed by atoms with E-state index in [0.717, 1.165) is 0 Å². The highest BCUT2D eigenvalue weighted by molar-refractivity contribution is 6.03. The Bertz CT molecular complexity index is 786. The van der Waals surface area contributed by atoms with Crippen LogP contribution in [0.4, 0.5) is 5.69 Å². The third kappa shape index (κ3) is 6.94. The Balaban J connectivity index is 0.00000392. The lowest BCUT2D eigenvalue weighted by Crippen LogP contribution is -2.29. The van der Waals surface area contributed by atoms with Crippen molar-refractivity contribution >= 4 is 29.9 Å². The van der Waals surface area contributed by atoms with Crippen LogP contribution < -0.4 is 16.4 Å². The van der Waals surface area contributed by atoms with Gasteiger partial charge in [-0.15, -0.1) is 12.4 Å². The van der Waals surface area contributed by atoms with Gasteiger partial charge < -0.3 is 20.9 Å². The van der Waals surface area contributed by atoms with Gasteiger partial charge in [0.2, 0.25) is 11.8 Å². The number of para-hydroxylation sites is 1. The van der Waals surface area contributed by atoms with Crippen LogP contribution in [0.5, 0.6) is 0 Å². The average Bonchev–Trinajstić information content (AvgIpc) is 3.09. The van der Waals surface area contributed by atoms with Crippen molar-refractivity contribution in [1.29, 1.82) is 0 Å². The van der Waals surface area contributed by atoms with Crippen LogP contribution in [0.3, 0.4) is 0 Å². The van der Waals surface area contributed by atoms with Gasteiger partial charge in [0.05, 0.1) is 11.3 Å². The number of benzene rings is 1. The average molecular weight is 410 g/mol. The maximum absolute atomic E-state index is 12.2. The monoisotopic (exact) mass is 409 g/mol. The number of aromatic nitrogens is 2. The Morgan fingerprint density at radius 1 is 1.21 bits per heavy atom. The summed E-state index contributed by atoms with van der Waals surface area (Å²) < 4.78 is 5.22. The van der Waals surface area contributed by atoms with Crippen molar-refractivity contribution in [2.24, 2.45) is 5.73 Å². The normalized spacial score (nSPS) is 10.9. The summed E-state index contributed by atoms with van der Waals surface area (Å²) in [6, 6.07) is 6.87. The molecule has 0 atom stereocenters. The van der Waals surface area contributed by atoms with E-state index in [1.54, 1.807) is 24.3 Å². The van der Waals surface area contributed by atoms with E-state index >= 15 is 0 Å². The molecule has 0 saturated heterocycles. The number of carbonyl (C=O) groups is 2. The van der Waals surface area contributed by atoms with Crippen LogP contribution in [0.15, 0.2) is 28.8 Å². The molecule has 0 aliphatic rings. The standard InChI is InChI=1S/C19H27N5O3.ClH/c1-19(2,3)18-23-16(27-24-18)10-6-9-15(25)22-14-8-5-4-7-13(14)17(26)21-12-11-20;/h4-5,7-8H,6,9-12,20H2,1-3H3,(H,21,26)(H,22,25);1H. The lowest BCUT2D eigenvalue weighted by molar-refractivity contribution is -0.116. The molecule has 1 aromatic carbocycles. The molecule has 0 spiro atoms. The molecule has 28 heavy (non-hydrogen) atoms. The minimum absolute atomic E-state index is 0. The van der Waals surface area contributed by atoms with Crippen molar-refractivity contribution in [3.63, 3.8) is 0 Å². The summed E-state index contributed by atoms with van der Waals surface area (Å²) in [5, 5.41) is 9.45. The predicted octanol–water partition coefficient (Wildman–Crippen LogP) is 2.44. The zero-order valence-electron chi connectivity index (χ0n) is 16.4. The Morgan fingerprint density at radius 2 is 1.93 bits per heavy atom. The maximum atomic E-state index is 12.2. The SMILES string of the molecule is CC(C)(C)c1noc(CCCC(=O)Nc2ccccc2C(=O)NCCN)n1.Cl. The zero-order valence-corrected chi connectivity index (χ0v) is 17.3. The number of anilines is 1. The van der Waals surface area contributed by atoms with Crippen molar-refractivity contribution < 1.29 is 14.1 Å². The van der Waals surface area contributed by atoms with E-state index in [1.807, 2.05) is 20.8 Å². The number of rotatable bonds is 8. The van der Waals surface area contributed by atoms with E-state index in [2.05, 4.69) is 20.8 Å². The summed E-state index contributed by atoms with van der Waals surface area (Å²) in [5.41, 5.74) is 6.11. The van der Waals surface area contributed by atoms with Crippen LogP contribution in [0.2, 0.25) is 0 Å². The third-order valence-electron chi connectivity index (χ3n) is 3.81. The summed E-state index contributed by atoms with van der Waals surface area (Å²) in [5.74, 6) is 0.732. The van der Waals surface area contributed by atoms with E-state index in [9.17, 15) is 9.59 Å². The van der Waals surface area contributed by atoms with E-state index in [-0.39, 0.29) is 36.1 Å². The van der Waals surface area contributed by atoms with Crippen molar-refractivity contribution in [3.8, 4) is 0 Å². The second-order valence-electron chi connectivity index (χ2n) is 7.25. The molecule has 2 aromatic rings. The first-order valence-corrected chi connectivity index (χ1v) is 9.01. The van der Waals surface area contributed by atoms with Crippen LogP contribution in [-0.4, -0.2) is 35.0 Å². The smallest absolute Gasteiger partial charge is 0.253 e. The number of aryl methyl sites for hydroxylation is 1. The van der Waals surface area contributed by atoms with Gasteiger partial charge in [-0.3, -0.25) is 9.59 Å². The largest absolute Gasteiger partial charge is 0.351 e. The van der Waals surface area contributed by atoms with Crippen LogP contribution in [-0.2, 0) is 16.6 Å². The van der Waals surface area contributed by atoms with Crippen LogP contribution in [0.1, 0.15) is 55.7 Å². The Kier molecular flexibility index (Phi) is 9.08. The van der Waals surface area contributed by atoms with E-state index in [0.29, 0.717) is 48.9 Å². The molecule has 1 heterocycles. The van der Waals surface area contributed by atoms with Crippen molar-refractivity contribution in [2.45, 2.75) is 45.4 Å². The van der Waals surface area contributed by atoms with Crippen LogP contribution in [0.25, 0.3) is 0 Å². The van der Waals surface area contributed by atoms with Gasteiger partial charge in [-0.25, -0.2) is 0 Å². The molecule has 0 unspecified atom stereocenters. The first kappa shape index (κ1) is 23.6. The summed E-state index contributed by atoms with van der Waals surface area (Å²) in [6.45, 7) is 6.76. The number of hydrogen-bond acceptors (Lipinski definition) is 6. The van der Waals surface area contributed by atoms with Gasteiger partial charge in [-0.2, -0.15) is 4.98 Å². The minimum Gasteiger partial charge on any atom is -0.351 e. The first-order valence-electron chi connectivity index (χ1n) is 9.01. The molecule has 2 amide bonds. The summed E-state index contributed by atoms with van der Waals surface area (Å²) in [6.07, 6.45) is 1.38. The van der Waals surface area contributed by atoms with Gasteiger partial charge in [-0.1, -0.05) is 38.1 Å². The molecule has 0 aliphatic carbocycles. The van der Waals surface area contributed by atoms with Crippen molar-refractivity contribution in [1.82, 2.24) is 15.5 Å². The van der Waals surface area contributed by atoms with Gasteiger partial charge in [0.15, 0.2) is 5.82 Å². The van der Waals surface area contributed by atoms with Gasteiger partial charge in [-0.05, 0) is 18.6 Å². The molecule has 4 N–H and O–H groups in total. The summed E-state index contributed by atoms with van der Waals surface area (Å²) in [7, 11) is 0. The van der Waals surface area contributed by atoms with E-state index in [1.165, 1.54) is 0 Å². The number of nitrogens with one attached hydrogen (secondary N) is 2. The fourth-order valence-electron chi connectivity index (χ4n) is 2.34. The lowest BCUT2D eigenvalue weighted by Gasteiger charge is -2.11. The first-order chi connectivity index (χ1) is 12.8. The van der Waals surface area contributed by atoms with Crippen LogP contribution >= 0.6 is 12.4 Å². The number of amides is 2.